The predicted octanol–water partition coefficient (Wildman–Crippen LogP) is 4.84. The fraction of sp³-hybridized carbons (Fsp3) is 0.156. The number of carbonyl (C=O) groups excluding carboxylic acids is 1. The summed E-state index contributed by atoms with van der Waals surface area (Å²) in [5.74, 6) is 0.323. The molecular formula is C32H25BrN4O6S2. The second-order valence-corrected chi connectivity index (χ2v) is 12.7. The number of esters is 1. The summed E-state index contributed by atoms with van der Waals surface area (Å²) in [6, 6.07) is 18.7. The van der Waals surface area contributed by atoms with Crippen LogP contribution in [0.5, 0.6) is 5.75 Å². The van der Waals surface area contributed by atoms with E-state index in [0.29, 0.717) is 53.6 Å². The van der Waals surface area contributed by atoms with Crippen molar-refractivity contribution in [3.8, 4) is 5.75 Å². The SMILES string of the molecule is CCOC(=O)C1=C(c2ccccc2)N=c2s/c(=C\c3ccc(Sc4nc(C)cc(=O)[nH]4)o3)c(=O)n2[C@@H]1c1cc(Br)ccc1OC. The first-order chi connectivity index (χ1) is 21.7. The van der Waals surface area contributed by atoms with Crippen molar-refractivity contribution >= 4 is 56.8 Å². The number of ether oxygens (including phenoxy) is 2. The van der Waals surface area contributed by atoms with E-state index in [1.807, 2.05) is 42.5 Å². The number of halogens is 1. The zero-order chi connectivity index (χ0) is 31.7. The van der Waals surface area contributed by atoms with Gasteiger partial charge in [-0.25, -0.2) is 14.8 Å². The Hall–Kier alpha value is -4.46. The average Bonchev–Trinajstić information content (AvgIpc) is 3.59. The van der Waals surface area contributed by atoms with E-state index in [2.05, 4.69) is 25.9 Å². The molecule has 0 saturated carbocycles. The maximum Gasteiger partial charge on any atom is 0.338 e. The number of furan rings is 1. The van der Waals surface area contributed by atoms with Crippen LogP contribution in [0.3, 0.4) is 0 Å². The second kappa shape index (κ2) is 12.9. The van der Waals surface area contributed by atoms with Crippen LogP contribution in [0.4, 0.5) is 0 Å². The number of aromatic nitrogens is 3. The monoisotopic (exact) mass is 704 g/mol. The number of methoxy groups -OCH3 is 1. The van der Waals surface area contributed by atoms with Crippen molar-refractivity contribution in [1.82, 2.24) is 14.5 Å². The Bertz CT molecular complexity index is 2200. The van der Waals surface area contributed by atoms with E-state index in [1.54, 1.807) is 38.1 Å². The molecule has 0 saturated heterocycles. The Morgan fingerprint density at radius 1 is 1.16 bits per heavy atom. The summed E-state index contributed by atoms with van der Waals surface area (Å²) >= 11 is 5.88. The molecule has 1 N–H and O–H groups in total. The Morgan fingerprint density at radius 3 is 2.69 bits per heavy atom. The molecule has 10 nitrogen and oxygen atoms in total. The summed E-state index contributed by atoms with van der Waals surface area (Å²) in [5.41, 5.74) is 1.87. The lowest BCUT2D eigenvalue weighted by Crippen LogP contribution is -2.40. The number of fused-ring (bicyclic) bond motifs is 1. The fourth-order valence-corrected chi connectivity index (χ4v) is 7.11. The maximum absolute atomic E-state index is 14.2. The third-order valence-electron chi connectivity index (χ3n) is 6.78. The van der Waals surface area contributed by atoms with Crippen LogP contribution in [0.15, 0.2) is 106 Å². The van der Waals surface area contributed by atoms with Crippen molar-refractivity contribution in [3.63, 3.8) is 0 Å². The van der Waals surface area contributed by atoms with Gasteiger partial charge in [0.25, 0.3) is 11.1 Å². The van der Waals surface area contributed by atoms with Crippen molar-refractivity contribution in [2.24, 2.45) is 4.99 Å². The van der Waals surface area contributed by atoms with Crippen molar-refractivity contribution in [3.05, 3.63) is 129 Å². The van der Waals surface area contributed by atoms with Crippen molar-refractivity contribution in [2.75, 3.05) is 13.7 Å². The van der Waals surface area contributed by atoms with Gasteiger partial charge in [-0.15, -0.1) is 0 Å². The molecule has 228 valence electrons. The van der Waals surface area contributed by atoms with Crippen LogP contribution in [0.1, 0.15) is 35.5 Å². The zero-order valence-electron chi connectivity index (χ0n) is 24.2. The van der Waals surface area contributed by atoms with Gasteiger partial charge in [-0.2, -0.15) is 0 Å². The van der Waals surface area contributed by atoms with E-state index < -0.39 is 12.0 Å². The molecule has 4 heterocycles. The summed E-state index contributed by atoms with van der Waals surface area (Å²) in [6.45, 7) is 3.61. The highest BCUT2D eigenvalue weighted by Gasteiger charge is 2.37. The molecule has 1 aliphatic rings. The largest absolute Gasteiger partial charge is 0.496 e. The smallest absolute Gasteiger partial charge is 0.338 e. The number of nitrogens with zero attached hydrogens (tertiary/aromatic N) is 3. The molecule has 0 unspecified atom stereocenters. The van der Waals surface area contributed by atoms with Gasteiger partial charge in [0.2, 0.25) is 0 Å². The molecule has 0 amide bonds. The molecule has 13 heteroatoms. The molecule has 2 aromatic carbocycles. The van der Waals surface area contributed by atoms with E-state index in [4.69, 9.17) is 18.9 Å². The predicted molar refractivity (Wildman–Crippen MR) is 174 cm³/mol. The lowest BCUT2D eigenvalue weighted by Gasteiger charge is -2.27. The van der Waals surface area contributed by atoms with Gasteiger partial charge in [-0.05, 0) is 55.9 Å². The van der Waals surface area contributed by atoms with E-state index in [1.165, 1.54) is 29.1 Å². The van der Waals surface area contributed by atoms with E-state index >= 15 is 0 Å². The molecule has 1 aliphatic heterocycles. The summed E-state index contributed by atoms with van der Waals surface area (Å²) in [4.78, 5) is 52.0. The molecule has 3 aromatic heterocycles. The van der Waals surface area contributed by atoms with Gasteiger partial charge in [-0.3, -0.25) is 14.2 Å². The minimum atomic E-state index is -0.906. The lowest BCUT2D eigenvalue weighted by atomic mass is 9.92. The second-order valence-electron chi connectivity index (χ2n) is 9.77. The fourth-order valence-electron chi connectivity index (χ4n) is 4.94. The molecule has 6 rings (SSSR count). The lowest BCUT2D eigenvalue weighted by molar-refractivity contribution is -0.138. The number of carbonyl (C=O) groups is 1. The molecular weight excluding hydrogens is 680 g/mol. The number of nitrogens with one attached hydrogen (secondary N) is 1. The number of hydrogen-bond donors (Lipinski definition) is 1. The van der Waals surface area contributed by atoms with E-state index in [9.17, 15) is 14.4 Å². The first kappa shape index (κ1) is 30.6. The minimum absolute atomic E-state index is 0.141. The summed E-state index contributed by atoms with van der Waals surface area (Å²) < 4.78 is 19.8. The zero-order valence-corrected chi connectivity index (χ0v) is 27.4. The highest BCUT2D eigenvalue weighted by atomic mass is 79.9. The number of hydrogen-bond acceptors (Lipinski definition) is 10. The maximum atomic E-state index is 14.2. The van der Waals surface area contributed by atoms with Crippen molar-refractivity contribution < 1.29 is 18.7 Å². The van der Waals surface area contributed by atoms with Crippen LogP contribution in [0, 0.1) is 6.92 Å². The number of H-pyrrole nitrogens is 1. The van der Waals surface area contributed by atoms with Crippen LogP contribution in [-0.2, 0) is 9.53 Å². The van der Waals surface area contributed by atoms with Gasteiger partial charge in [0, 0.05) is 33.4 Å². The Morgan fingerprint density at radius 2 is 1.96 bits per heavy atom. The van der Waals surface area contributed by atoms with Gasteiger partial charge in [0.15, 0.2) is 15.1 Å². The van der Waals surface area contributed by atoms with Gasteiger partial charge < -0.3 is 18.9 Å². The van der Waals surface area contributed by atoms with Crippen LogP contribution in [0.2, 0.25) is 0 Å². The van der Waals surface area contributed by atoms with Gasteiger partial charge >= 0.3 is 5.97 Å². The summed E-state index contributed by atoms with van der Waals surface area (Å²) in [6.07, 6.45) is 1.63. The molecule has 45 heavy (non-hydrogen) atoms. The molecule has 1 atom stereocenters. The minimum Gasteiger partial charge on any atom is -0.496 e. The van der Waals surface area contributed by atoms with Gasteiger partial charge in [0.05, 0.1) is 29.5 Å². The highest BCUT2D eigenvalue weighted by Crippen LogP contribution is 2.40. The van der Waals surface area contributed by atoms with Crippen LogP contribution in [0.25, 0.3) is 11.8 Å². The third-order valence-corrected chi connectivity index (χ3v) is 9.06. The topological polar surface area (TPSA) is 129 Å². The highest BCUT2D eigenvalue weighted by molar-refractivity contribution is 9.10. The van der Waals surface area contributed by atoms with Crippen LogP contribution >= 0.6 is 39.0 Å². The number of aryl methyl sites for hydroxylation is 1. The normalized spacial score (nSPS) is 14.7. The van der Waals surface area contributed by atoms with Gasteiger partial charge in [-0.1, -0.05) is 57.6 Å². The number of thiazole rings is 1. The molecule has 0 fully saturated rings. The van der Waals surface area contributed by atoms with Crippen LogP contribution in [-0.4, -0.2) is 34.2 Å². The van der Waals surface area contributed by atoms with E-state index in [-0.39, 0.29) is 23.3 Å². The first-order valence-electron chi connectivity index (χ1n) is 13.7. The Labute approximate surface area is 272 Å². The van der Waals surface area contributed by atoms with Crippen LogP contribution < -0.4 is 25.2 Å². The molecule has 0 bridgehead atoms. The standard InChI is InChI=1S/C32H25BrN4O6S2/c1-4-42-30(40)26-27(18-8-6-5-7-9-18)36-32-37(28(26)21-15-19(33)10-12-22(21)41-3)29(39)23(44-32)16-20-11-13-25(43-20)45-31-34-17(2)14-24(38)35-31/h5-16,28H,4H2,1-3H3,(H,34,35,38)/b23-16-/t28-/m1/s1. The van der Waals surface area contributed by atoms with Crippen molar-refractivity contribution in [1.29, 1.82) is 0 Å². The molecule has 0 spiro atoms. The quantitative estimate of drug-likeness (QED) is 0.180. The summed E-state index contributed by atoms with van der Waals surface area (Å²) in [5, 5.41) is 0.874. The van der Waals surface area contributed by atoms with E-state index in [0.717, 1.165) is 16.2 Å². The Balaban J connectivity index is 1.54. The van der Waals surface area contributed by atoms with Gasteiger partial charge in [0.1, 0.15) is 17.6 Å². The molecule has 0 aliphatic carbocycles. The average molecular weight is 706 g/mol. The number of benzene rings is 2. The Kier molecular flexibility index (Phi) is 8.74. The van der Waals surface area contributed by atoms with Crippen molar-refractivity contribution in [2.45, 2.75) is 30.1 Å². The molecule has 0 radical (unpaired) electrons. The first-order valence-corrected chi connectivity index (χ1v) is 16.2. The number of aromatic amines is 1. The number of rotatable bonds is 8. The molecule has 5 aromatic rings. The third kappa shape index (κ3) is 6.23. The summed E-state index contributed by atoms with van der Waals surface area (Å²) in [7, 11) is 1.54.